The summed E-state index contributed by atoms with van der Waals surface area (Å²) in [5.74, 6) is 1.45. The molecule has 1 saturated heterocycles. The van der Waals surface area contributed by atoms with Crippen molar-refractivity contribution in [3.05, 3.63) is 5.89 Å². The van der Waals surface area contributed by atoms with Gasteiger partial charge in [0.05, 0.1) is 6.54 Å². The van der Waals surface area contributed by atoms with Crippen LogP contribution in [0.5, 0.6) is 0 Å². The Morgan fingerprint density at radius 1 is 1.32 bits per heavy atom. The van der Waals surface area contributed by atoms with Crippen molar-refractivity contribution in [1.29, 1.82) is 0 Å². The second-order valence-electron chi connectivity index (χ2n) is 6.75. The van der Waals surface area contributed by atoms with Crippen molar-refractivity contribution in [1.82, 2.24) is 15.5 Å². The third-order valence-electron chi connectivity index (χ3n) is 3.61. The summed E-state index contributed by atoms with van der Waals surface area (Å²) in [5, 5.41) is 11.7. The molecular weight excluding hydrogens is 240 g/mol. The highest BCUT2D eigenvalue weighted by Crippen LogP contribution is 2.26. The fourth-order valence-corrected chi connectivity index (χ4v) is 2.46. The van der Waals surface area contributed by atoms with Crippen LogP contribution in [0.1, 0.15) is 53.4 Å². The number of nitrogens with zero attached hydrogens (tertiary/aromatic N) is 3. The van der Waals surface area contributed by atoms with E-state index < -0.39 is 0 Å². The lowest BCUT2D eigenvalue weighted by Gasteiger charge is -2.34. The molecule has 1 aromatic heterocycles. The SMILES string of the molecule is CC1CCN(c2nnc(CNC(C)(C)C)o2)C(C)C1. The van der Waals surface area contributed by atoms with Crippen LogP contribution in [0.4, 0.5) is 6.01 Å². The van der Waals surface area contributed by atoms with Crippen LogP contribution in [0.25, 0.3) is 0 Å². The van der Waals surface area contributed by atoms with Crippen LogP contribution in [0.3, 0.4) is 0 Å². The Bertz CT molecular complexity index is 410. The minimum absolute atomic E-state index is 0.0580. The number of hydrogen-bond donors (Lipinski definition) is 1. The fourth-order valence-electron chi connectivity index (χ4n) is 2.46. The van der Waals surface area contributed by atoms with Crippen LogP contribution in [-0.4, -0.2) is 28.3 Å². The van der Waals surface area contributed by atoms with Crippen LogP contribution < -0.4 is 10.2 Å². The van der Waals surface area contributed by atoms with Gasteiger partial charge < -0.3 is 14.6 Å². The van der Waals surface area contributed by atoms with Crippen LogP contribution in [-0.2, 0) is 6.54 Å². The molecule has 5 heteroatoms. The average molecular weight is 266 g/mol. The van der Waals surface area contributed by atoms with E-state index in [1.165, 1.54) is 12.8 Å². The molecular formula is C14H26N4O. The number of anilines is 1. The Morgan fingerprint density at radius 3 is 2.68 bits per heavy atom. The minimum atomic E-state index is 0.0580. The van der Waals surface area contributed by atoms with E-state index in [2.05, 4.69) is 55.0 Å². The molecule has 2 rings (SSSR count). The van der Waals surface area contributed by atoms with E-state index in [-0.39, 0.29) is 5.54 Å². The van der Waals surface area contributed by atoms with Crippen molar-refractivity contribution in [2.24, 2.45) is 5.92 Å². The molecule has 2 unspecified atom stereocenters. The lowest BCUT2D eigenvalue weighted by molar-refractivity contribution is 0.344. The minimum Gasteiger partial charge on any atom is -0.407 e. The van der Waals surface area contributed by atoms with Crippen LogP contribution in [0.2, 0.25) is 0 Å². The predicted octanol–water partition coefficient (Wildman–Crippen LogP) is 2.58. The van der Waals surface area contributed by atoms with E-state index in [1.807, 2.05) is 0 Å². The van der Waals surface area contributed by atoms with Gasteiger partial charge in [-0.25, -0.2) is 0 Å². The van der Waals surface area contributed by atoms with E-state index in [9.17, 15) is 0 Å². The van der Waals surface area contributed by atoms with Crippen LogP contribution in [0, 0.1) is 5.92 Å². The molecule has 0 saturated carbocycles. The third-order valence-corrected chi connectivity index (χ3v) is 3.61. The molecule has 108 valence electrons. The van der Waals surface area contributed by atoms with Gasteiger partial charge in [-0.15, -0.1) is 5.10 Å². The summed E-state index contributed by atoms with van der Waals surface area (Å²) in [7, 11) is 0. The van der Waals surface area contributed by atoms with E-state index >= 15 is 0 Å². The monoisotopic (exact) mass is 266 g/mol. The Balaban J connectivity index is 1.97. The zero-order chi connectivity index (χ0) is 14.0. The van der Waals surface area contributed by atoms with Gasteiger partial charge in [0.1, 0.15) is 0 Å². The molecule has 0 bridgehead atoms. The predicted molar refractivity (Wildman–Crippen MR) is 76.1 cm³/mol. The second kappa shape index (κ2) is 5.49. The zero-order valence-corrected chi connectivity index (χ0v) is 12.7. The van der Waals surface area contributed by atoms with E-state index in [0.29, 0.717) is 24.5 Å². The molecule has 0 aromatic carbocycles. The van der Waals surface area contributed by atoms with Gasteiger partial charge in [0.15, 0.2) is 0 Å². The molecule has 0 amide bonds. The highest BCUT2D eigenvalue weighted by molar-refractivity contribution is 5.27. The molecule has 19 heavy (non-hydrogen) atoms. The average Bonchev–Trinajstić information content (AvgIpc) is 2.74. The van der Waals surface area contributed by atoms with Crippen LogP contribution in [0.15, 0.2) is 4.42 Å². The van der Waals surface area contributed by atoms with Gasteiger partial charge in [-0.2, -0.15) is 0 Å². The summed E-state index contributed by atoms with van der Waals surface area (Å²) >= 11 is 0. The quantitative estimate of drug-likeness (QED) is 0.911. The normalized spacial score (nSPS) is 24.8. The molecule has 1 aromatic rings. The maximum absolute atomic E-state index is 5.77. The number of rotatable bonds is 3. The summed E-state index contributed by atoms with van der Waals surface area (Å²) in [4.78, 5) is 2.23. The van der Waals surface area contributed by atoms with Gasteiger partial charge in [0.2, 0.25) is 5.89 Å². The molecule has 5 nitrogen and oxygen atoms in total. The molecule has 1 aliphatic rings. The summed E-state index contributed by atoms with van der Waals surface area (Å²) in [6, 6.07) is 1.15. The van der Waals surface area contributed by atoms with Crippen molar-refractivity contribution in [3.8, 4) is 0 Å². The summed E-state index contributed by atoms with van der Waals surface area (Å²) < 4.78 is 5.77. The number of hydrogen-bond acceptors (Lipinski definition) is 5. The van der Waals surface area contributed by atoms with Crippen molar-refractivity contribution < 1.29 is 4.42 Å². The van der Waals surface area contributed by atoms with Gasteiger partial charge in [-0.05, 0) is 46.5 Å². The van der Waals surface area contributed by atoms with E-state index in [0.717, 1.165) is 12.5 Å². The first-order chi connectivity index (χ1) is 8.85. The van der Waals surface area contributed by atoms with Gasteiger partial charge in [0.25, 0.3) is 0 Å². The third kappa shape index (κ3) is 3.93. The van der Waals surface area contributed by atoms with Gasteiger partial charge >= 0.3 is 6.01 Å². The Hall–Kier alpha value is -1.10. The molecule has 0 aliphatic carbocycles. The number of nitrogens with one attached hydrogen (secondary N) is 1. The fraction of sp³-hybridized carbons (Fsp3) is 0.857. The summed E-state index contributed by atoms with van der Waals surface area (Å²) in [5.41, 5.74) is 0.0580. The Morgan fingerprint density at radius 2 is 2.05 bits per heavy atom. The molecule has 1 aliphatic heterocycles. The van der Waals surface area contributed by atoms with Gasteiger partial charge in [-0.3, -0.25) is 0 Å². The van der Waals surface area contributed by atoms with Crippen molar-refractivity contribution in [2.45, 2.75) is 65.6 Å². The zero-order valence-electron chi connectivity index (χ0n) is 12.7. The Labute approximate surface area is 115 Å². The van der Waals surface area contributed by atoms with Gasteiger partial charge in [0, 0.05) is 18.1 Å². The number of piperidine rings is 1. The van der Waals surface area contributed by atoms with Crippen LogP contribution >= 0.6 is 0 Å². The summed E-state index contributed by atoms with van der Waals surface area (Å²) in [6.07, 6.45) is 2.39. The smallest absolute Gasteiger partial charge is 0.318 e. The first kappa shape index (κ1) is 14.3. The van der Waals surface area contributed by atoms with Crippen molar-refractivity contribution >= 4 is 6.01 Å². The lowest BCUT2D eigenvalue weighted by atomic mass is 9.94. The first-order valence-electron chi connectivity index (χ1n) is 7.19. The van der Waals surface area contributed by atoms with Crippen molar-refractivity contribution in [3.63, 3.8) is 0 Å². The molecule has 2 atom stereocenters. The largest absolute Gasteiger partial charge is 0.407 e. The topological polar surface area (TPSA) is 54.2 Å². The second-order valence-corrected chi connectivity index (χ2v) is 6.75. The van der Waals surface area contributed by atoms with E-state index in [4.69, 9.17) is 4.42 Å². The molecule has 0 spiro atoms. The lowest BCUT2D eigenvalue weighted by Crippen LogP contribution is -2.40. The van der Waals surface area contributed by atoms with Gasteiger partial charge in [-0.1, -0.05) is 12.0 Å². The number of aromatic nitrogens is 2. The van der Waals surface area contributed by atoms with Crippen molar-refractivity contribution in [2.75, 3.05) is 11.4 Å². The van der Waals surface area contributed by atoms with E-state index in [1.54, 1.807) is 0 Å². The highest BCUT2D eigenvalue weighted by Gasteiger charge is 2.26. The standard InChI is InChI=1S/C14H26N4O/c1-10-6-7-18(11(2)8-10)13-17-16-12(19-13)9-15-14(3,4)5/h10-11,15H,6-9H2,1-5H3. The first-order valence-corrected chi connectivity index (χ1v) is 7.19. The molecule has 1 N–H and O–H groups in total. The molecule has 2 heterocycles. The molecule has 0 radical (unpaired) electrons. The molecule has 1 fully saturated rings. The highest BCUT2D eigenvalue weighted by atomic mass is 16.4. The maximum Gasteiger partial charge on any atom is 0.318 e. The summed E-state index contributed by atoms with van der Waals surface area (Å²) in [6.45, 7) is 12.5. The Kier molecular flexibility index (Phi) is 4.13. The maximum atomic E-state index is 5.77.